The molecule has 2 aromatic rings. The predicted octanol–water partition coefficient (Wildman–Crippen LogP) is 4.60. The van der Waals surface area contributed by atoms with Gasteiger partial charge in [-0.1, -0.05) is 60.3 Å². The molecule has 3 heteroatoms. The van der Waals surface area contributed by atoms with Gasteiger partial charge < -0.3 is 4.90 Å². The number of carbonyl (C=O) groups is 1. The van der Waals surface area contributed by atoms with Crippen LogP contribution in [0.3, 0.4) is 0 Å². The Bertz CT molecular complexity index is 646. The Morgan fingerprint density at radius 2 is 1.50 bits per heavy atom. The van der Waals surface area contributed by atoms with Crippen LogP contribution in [0.2, 0.25) is 0 Å². The molecule has 0 atom stereocenters. The average molecular weight is 309 g/mol. The molecule has 3 rings (SSSR count). The van der Waals surface area contributed by atoms with Crippen molar-refractivity contribution in [2.45, 2.75) is 17.7 Å². The monoisotopic (exact) mass is 309 g/mol. The van der Waals surface area contributed by atoms with Crippen molar-refractivity contribution in [3.63, 3.8) is 0 Å². The van der Waals surface area contributed by atoms with Crippen LogP contribution in [-0.4, -0.2) is 23.8 Å². The van der Waals surface area contributed by atoms with Crippen molar-refractivity contribution in [1.29, 1.82) is 0 Å². The van der Waals surface area contributed by atoms with Crippen LogP contribution >= 0.6 is 11.8 Å². The van der Waals surface area contributed by atoms with Gasteiger partial charge in [0.05, 0.1) is 5.03 Å². The second-order valence-corrected chi connectivity index (χ2v) is 6.42. The van der Waals surface area contributed by atoms with Crippen molar-refractivity contribution in [2.75, 3.05) is 13.1 Å². The van der Waals surface area contributed by atoms with Gasteiger partial charge in [0.1, 0.15) is 0 Å². The molecule has 0 spiro atoms. The van der Waals surface area contributed by atoms with Gasteiger partial charge in [-0.05, 0) is 25.0 Å². The van der Waals surface area contributed by atoms with E-state index in [4.69, 9.17) is 0 Å². The lowest BCUT2D eigenvalue weighted by molar-refractivity contribution is 0.104. The van der Waals surface area contributed by atoms with Crippen LogP contribution in [0.25, 0.3) is 0 Å². The van der Waals surface area contributed by atoms with Crippen molar-refractivity contribution in [3.8, 4) is 0 Å². The first kappa shape index (κ1) is 14.9. The molecule has 1 saturated heterocycles. The summed E-state index contributed by atoms with van der Waals surface area (Å²) < 4.78 is 0. The van der Waals surface area contributed by atoms with Gasteiger partial charge >= 0.3 is 0 Å². The minimum atomic E-state index is 0.0749. The van der Waals surface area contributed by atoms with E-state index < -0.39 is 0 Å². The molecule has 0 saturated carbocycles. The Morgan fingerprint density at radius 1 is 0.909 bits per heavy atom. The van der Waals surface area contributed by atoms with Crippen molar-refractivity contribution in [2.24, 2.45) is 0 Å². The van der Waals surface area contributed by atoms with Crippen molar-refractivity contribution >= 4 is 17.5 Å². The average Bonchev–Trinajstić information content (AvgIpc) is 3.10. The number of thioether (sulfide) groups is 1. The Hall–Kier alpha value is -2.00. The first-order valence-electron chi connectivity index (χ1n) is 7.62. The number of benzene rings is 2. The third-order valence-corrected chi connectivity index (χ3v) is 4.79. The quantitative estimate of drug-likeness (QED) is 0.457. The minimum Gasteiger partial charge on any atom is -0.366 e. The van der Waals surface area contributed by atoms with E-state index >= 15 is 0 Å². The largest absolute Gasteiger partial charge is 0.366 e. The molecule has 112 valence electrons. The van der Waals surface area contributed by atoms with E-state index in [2.05, 4.69) is 17.0 Å². The molecule has 1 fully saturated rings. The summed E-state index contributed by atoms with van der Waals surface area (Å²) in [6.45, 7) is 2.07. The molecule has 0 amide bonds. The van der Waals surface area contributed by atoms with E-state index in [0.29, 0.717) is 0 Å². The molecule has 1 aliphatic rings. The van der Waals surface area contributed by atoms with Crippen LogP contribution in [0.15, 0.2) is 76.7 Å². The van der Waals surface area contributed by atoms with Crippen LogP contribution in [0, 0.1) is 0 Å². The maximum atomic E-state index is 12.5. The highest BCUT2D eigenvalue weighted by Crippen LogP contribution is 2.31. The summed E-state index contributed by atoms with van der Waals surface area (Å²) in [5.74, 6) is 0.0749. The first-order chi connectivity index (χ1) is 10.8. The minimum absolute atomic E-state index is 0.0749. The summed E-state index contributed by atoms with van der Waals surface area (Å²) in [6.07, 6.45) is 4.19. The zero-order valence-electron chi connectivity index (χ0n) is 12.4. The van der Waals surface area contributed by atoms with Gasteiger partial charge in [-0.2, -0.15) is 0 Å². The number of likely N-dealkylation sites (tertiary alicyclic amines) is 1. The van der Waals surface area contributed by atoms with Crippen molar-refractivity contribution in [3.05, 3.63) is 77.3 Å². The lowest BCUT2D eigenvalue weighted by Gasteiger charge is -2.20. The fourth-order valence-corrected chi connectivity index (χ4v) is 3.54. The van der Waals surface area contributed by atoms with E-state index in [1.165, 1.54) is 17.7 Å². The van der Waals surface area contributed by atoms with Crippen LogP contribution < -0.4 is 0 Å². The van der Waals surface area contributed by atoms with Crippen LogP contribution in [0.4, 0.5) is 0 Å². The maximum Gasteiger partial charge on any atom is 0.188 e. The van der Waals surface area contributed by atoms with Gasteiger partial charge in [-0.25, -0.2) is 0 Å². The molecule has 0 N–H and O–H groups in total. The lowest BCUT2D eigenvalue weighted by Crippen LogP contribution is -2.17. The highest BCUT2D eigenvalue weighted by Gasteiger charge is 2.17. The summed E-state index contributed by atoms with van der Waals surface area (Å²) in [5, 5.41) is 1.05. The van der Waals surface area contributed by atoms with Gasteiger partial charge in [-0.15, -0.1) is 0 Å². The molecule has 0 aliphatic carbocycles. The highest BCUT2D eigenvalue weighted by atomic mass is 32.2. The third kappa shape index (κ3) is 3.80. The summed E-state index contributed by atoms with van der Waals surface area (Å²) in [6, 6.07) is 19.7. The first-order valence-corrected chi connectivity index (χ1v) is 8.43. The predicted molar refractivity (Wildman–Crippen MR) is 92.0 cm³/mol. The Labute approximate surface area is 135 Å². The fraction of sp³-hybridized carbons (Fsp3) is 0.211. The number of rotatable bonds is 5. The normalized spacial score (nSPS) is 15.1. The number of carbonyl (C=O) groups excluding carboxylic acids is 1. The Kier molecular flexibility index (Phi) is 4.96. The number of hydrogen-bond donors (Lipinski definition) is 0. The number of ketones is 1. The molecule has 22 heavy (non-hydrogen) atoms. The zero-order chi connectivity index (χ0) is 15.2. The fourth-order valence-electron chi connectivity index (χ4n) is 2.53. The topological polar surface area (TPSA) is 20.3 Å². The van der Waals surface area contributed by atoms with Gasteiger partial charge in [0.2, 0.25) is 0 Å². The maximum absolute atomic E-state index is 12.5. The number of nitrogens with zero attached hydrogens (tertiary/aromatic N) is 1. The summed E-state index contributed by atoms with van der Waals surface area (Å²) in [5.41, 5.74) is 0.743. The van der Waals surface area contributed by atoms with Crippen molar-refractivity contribution in [1.82, 2.24) is 4.90 Å². The van der Waals surface area contributed by atoms with E-state index in [0.717, 1.165) is 23.7 Å². The second kappa shape index (κ2) is 7.32. The molecular weight excluding hydrogens is 290 g/mol. The van der Waals surface area contributed by atoms with E-state index in [9.17, 15) is 4.79 Å². The van der Waals surface area contributed by atoms with Crippen LogP contribution in [0.1, 0.15) is 23.2 Å². The van der Waals surface area contributed by atoms with Gasteiger partial charge in [0.15, 0.2) is 5.78 Å². The van der Waals surface area contributed by atoms with Gasteiger partial charge in [0.25, 0.3) is 0 Å². The van der Waals surface area contributed by atoms with Gasteiger partial charge in [0, 0.05) is 29.6 Å². The number of hydrogen-bond acceptors (Lipinski definition) is 3. The molecular formula is C19H19NOS. The SMILES string of the molecule is O=C(/C=C(/Sc1ccccc1)N1CCCC1)c1ccccc1. The van der Waals surface area contributed by atoms with E-state index in [-0.39, 0.29) is 5.78 Å². The molecule has 0 unspecified atom stereocenters. The summed E-state index contributed by atoms with van der Waals surface area (Å²) in [4.78, 5) is 16.0. The molecule has 1 heterocycles. The van der Waals surface area contributed by atoms with Crippen LogP contribution in [-0.2, 0) is 0 Å². The Morgan fingerprint density at radius 3 is 2.14 bits per heavy atom. The molecule has 0 radical (unpaired) electrons. The third-order valence-electron chi connectivity index (χ3n) is 3.70. The Balaban J connectivity index is 1.84. The molecule has 0 bridgehead atoms. The molecule has 0 aromatic heterocycles. The van der Waals surface area contributed by atoms with E-state index in [1.807, 2.05) is 48.5 Å². The molecule has 1 aliphatic heterocycles. The highest BCUT2D eigenvalue weighted by molar-refractivity contribution is 8.03. The van der Waals surface area contributed by atoms with Crippen LogP contribution in [0.5, 0.6) is 0 Å². The zero-order valence-corrected chi connectivity index (χ0v) is 13.3. The molecule has 2 aromatic carbocycles. The lowest BCUT2D eigenvalue weighted by atomic mass is 10.1. The summed E-state index contributed by atoms with van der Waals surface area (Å²) in [7, 11) is 0. The van der Waals surface area contributed by atoms with Crippen molar-refractivity contribution < 1.29 is 4.79 Å². The smallest absolute Gasteiger partial charge is 0.188 e. The number of allylic oxidation sites excluding steroid dienone is 1. The van der Waals surface area contributed by atoms with Gasteiger partial charge in [-0.3, -0.25) is 4.79 Å². The second-order valence-electron chi connectivity index (χ2n) is 5.32. The molecule has 2 nitrogen and oxygen atoms in total. The summed E-state index contributed by atoms with van der Waals surface area (Å²) >= 11 is 1.68. The van der Waals surface area contributed by atoms with E-state index in [1.54, 1.807) is 17.8 Å². The standard InChI is InChI=1S/C19H19NOS/c21-18(16-9-3-1-4-10-16)15-19(20-13-7-8-14-20)22-17-11-5-2-6-12-17/h1-6,9-12,15H,7-8,13-14H2/b19-15+.